The van der Waals surface area contributed by atoms with E-state index in [1.807, 2.05) is 24.3 Å². The fraction of sp³-hybridized carbons (Fsp3) is 0.556. The van der Waals surface area contributed by atoms with Crippen molar-refractivity contribution >= 4 is 12.0 Å². The molecule has 2 amide bonds. The van der Waals surface area contributed by atoms with Gasteiger partial charge in [0.1, 0.15) is 12.4 Å². The summed E-state index contributed by atoms with van der Waals surface area (Å²) in [6.45, 7) is 1.47. The average molecular weight is 350 g/mol. The Bertz CT molecular complexity index is 553. The van der Waals surface area contributed by atoms with Crippen molar-refractivity contribution in [1.29, 1.82) is 0 Å². The Morgan fingerprint density at radius 2 is 1.80 bits per heavy atom. The molecular weight excluding hydrogens is 324 g/mol. The van der Waals surface area contributed by atoms with Crippen LogP contribution >= 0.6 is 0 Å². The van der Waals surface area contributed by atoms with Crippen LogP contribution in [0.2, 0.25) is 0 Å². The summed E-state index contributed by atoms with van der Waals surface area (Å²) in [6.07, 6.45) is 2.64. The van der Waals surface area contributed by atoms with Gasteiger partial charge in [-0.05, 0) is 43.4 Å². The molecule has 7 nitrogen and oxygen atoms in total. The molecule has 0 radical (unpaired) electrons. The van der Waals surface area contributed by atoms with Crippen molar-refractivity contribution < 1.29 is 24.2 Å². The van der Waals surface area contributed by atoms with Crippen molar-refractivity contribution in [3.63, 3.8) is 0 Å². The molecule has 138 valence electrons. The lowest BCUT2D eigenvalue weighted by Crippen LogP contribution is -2.43. The van der Waals surface area contributed by atoms with Crippen molar-refractivity contribution in [3.05, 3.63) is 29.8 Å². The van der Waals surface area contributed by atoms with Gasteiger partial charge in [0.05, 0.1) is 12.5 Å². The van der Waals surface area contributed by atoms with Crippen LogP contribution in [0.3, 0.4) is 0 Å². The van der Waals surface area contributed by atoms with E-state index in [9.17, 15) is 9.59 Å². The van der Waals surface area contributed by atoms with E-state index >= 15 is 0 Å². The lowest BCUT2D eigenvalue weighted by Gasteiger charge is -2.26. The second-order valence-electron chi connectivity index (χ2n) is 6.20. The monoisotopic (exact) mass is 350 g/mol. The van der Waals surface area contributed by atoms with Gasteiger partial charge in [0.15, 0.2) is 0 Å². The van der Waals surface area contributed by atoms with Gasteiger partial charge in [-0.3, -0.25) is 4.79 Å². The molecule has 1 aliphatic rings. The summed E-state index contributed by atoms with van der Waals surface area (Å²) in [5.41, 5.74) is 0.976. The second kappa shape index (κ2) is 9.88. The van der Waals surface area contributed by atoms with Gasteiger partial charge >= 0.3 is 12.0 Å². The first-order valence-electron chi connectivity index (χ1n) is 8.56. The Morgan fingerprint density at radius 1 is 1.12 bits per heavy atom. The van der Waals surface area contributed by atoms with Gasteiger partial charge in [-0.2, -0.15) is 0 Å². The highest BCUT2D eigenvalue weighted by molar-refractivity contribution is 5.74. The molecule has 1 aromatic rings. The SMILES string of the molecule is COCCOc1ccc(CNC(=O)NC2CCC(C(=O)O)CC2)cc1. The largest absolute Gasteiger partial charge is 0.491 e. The second-order valence-corrected chi connectivity index (χ2v) is 6.20. The van der Waals surface area contributed by atoms with Gasteiger partial charge in [-0.15, -0.1) is 0 Å². The predicted molar refractivity (Wildman–Crippen MR) is 92.6 cm³/mol. The number of carbonyl (C=O) groups excluding carboxylic acids is 1. The lowest BCUT2D eigenvalue weighted by molar-refractivity contribution is -0.142. The van der Waals surface area contributed by atoms with Crippen LogP contribution in [0.15, 0.2) is 24.3 Å². The van der Waals surface area contributed by atoms with E-state index in [0.717, 1.165) is 11.3 Å². The number of carboxylic acid groups (broad SMARTS) is 1. The number of rotatable bonds is 8. The number of methoxy groups -OCH3 is 1. The number of aliphatic carboxylic acids is 1. The van der Waals surface area contributed by atoms with E-state index in [4.69, 9.17) is 14.6 Å². The molecule has 0 atom stereocenters. The summed E-state index contributed by atoms with van der Waals surface area (Å²) >= 11 is 0. The molecule has 0 unspecified atom stereocenters. The Morgan fingerprint density at radius 3 is 2.40 bits per heavy atom. The van der Waals surface area contributed by atoms with E-state index in [1.54, 1.807) is 7.11 Å². The summed E-state index contributed by atoms with van der Waals surface area (Å²) in [4.78, 5) is 22.9. The van der Waals surface area contributed by atoms with Crippen LogP contribution in [0.5, 0.6) is 5.75 Å². The molecule has 0 heterocycles. The average Bonchev–Trinajstić information content (AvgIpc) is 2.62. The number of carboxylic acids is 1. The topological polar surface area (TPSA) is 96.9 Å². The van der Waals surface area contributed by atoms with Crippen molar-refractivity contribution in [2.45, 2.75) is 38.3 Å². The van der Waals surface area contributed by atoms with Gasteiger partial charge < -0.3 is 25.2 Å². The maximum atomic E-state index is 12.0. The van der Waals surface area contributed by atoms with E-state index in [0.29, 0.717) is 45.4 Å². The van der Waals surface area contributed by atoms with Crippen molar-refractivity contribution in [2.24, 2.45) is 5.92 Å². The zero-order valence-electron chi connectivity index (χ0n) is 14.5. The zero-order valence-corrected chi connectivity index (χ0v) is 14.5. The molecule has 0 spiro atoms. The highest BCUT2D eigenvalue weighted by Gasteiger charge is 2.26. The minimum Gasteiger partial charge on any atom is -0.491 e. The van der Waals surface area contributed by atoms with Crippen LogP contribution in [-0.2, 0) is 16.1 Å². The third-order valence-electron chi connectivity index (χ3n) is 4.34. The maximum Gasteiger partial charge on any atom is 0.315 e. The first-order valence-corrected chi connectivity index (χ1v) is 8.56. The zero-order chi connectivity index (χ0) is 18.1. The third-order valence-corrected chi connectivity index (χ3v) is 4.34. The fourth-order valence-corrected chi connectivity index (χ4v) is 2.85. The number of ether oxygens (including phenoxy) is 2. The molecule has 0 saturated heterocycles. The van der Waals surface area contributed by atoms with Crippen LogP contribution < -0.4 is 15.4 Å². The molecule has 7 heteroatoms. The Labute approximate surface area is 147 Å². The summed E-state index contributed by atoms with van der Waals surface area (Å²) < 4.78 is 10.4. The first-order chi connectivity index (χ1) is 12.1. The van der Waals surface area contributed by atoms with E-state index < -0.39 is 5.97 Å². The molecular formula is C18H26N2O5. The number of amides is 2. The number of benzene rings is 1. The smallest absolute Gasteiger partial charge is 0.315 e. The maximum absolute atomic E-state index is 12.0. The lowest BCUT2D eigenvalue weighted by atomic mass is 9.86. The molecule has 2 rings (SSSR count). The van der Waals surface area contributed by atoms with E-state index in [1.165, 1.54) is 0 Å². The number of urea groups is 1. The van der Waals surface area contributed by atoms with Crippen molar-refractivity contribution in [2.75, 3.05) is 20.3 Å². The summed E-state index contributed by atoms with van der Waals surface area (Å²) in [6, 6.07) is 7.35. The Kier molecular flexibility index (Phi) is 7.53. The van der Waals surface area contributed by atoms with Crippen molar-refractivity contribution in [1.82, 2.24) is 10.6 Å². The first kappa shape index (κ1) is 19.1. The highest BCUT2D eigenvalue weighted by Crippen LogP contribution is 2.24. The van der Waals surface area contributed by atoms with Crippen LogP contribution in [0.4, 0.5) is 4.79 Å². The van der Waals surface area contributed by atoms with E-state index in [-0.39, 0.29) is 18.0 Å². The molecule has 1 aliphatic carbocycles. The number of hydrogen-bond donors (Lipinski definition) is 3. The van der Waals surface area contributed by atoms with Crippen LogP contribution in [0.25, 0.3) is 0 Å². The number of hydrogen-bond acceptors (Lipinski definition) is 4. The Hall–Kier alpha value is -2.28. The normalized spacial score (nSPS) is 19.9. The third kappa shape index (κ3) is 6.62. The molecule has 25 heavy (non-hydrogen) atoms. The van der Waals surface area contributed by atoms with Gasteiger partial charge in [0.25, 0.3) is 0 Å². The van der Waals surface area contributed by atoms with E-state index in [2.05, 4.69) is 10.6 Å². The summed E-state index contributed by atoms with van der Waals surface area (Å²) in [7, 11) is 1.63. The summed E-state index contributed by atoms with van der Waals surface area (Å²) in [5.74, 6) is -0.247. The standard InChI is InChI=1S/C18H26N2O5/c1-24-10-11-25-16-8-2-13(3-9-16)12-19-18(23)20-15-6-4-14(5-7-15)17(21)22/h2-3,8-9,14-15H,4-7,10-12H2,1H3,(H,21,22)(H2,19,20,23). The fourth-order valence-electron chi connectivity index (χ4n) is 2.85. The minimum atomic E-state index is -0.738. The van der Waals surface area contributed by atoms with Crippen LogP contribution in [-0.4, -0.2) is 43.5 Å². The molecule has 3 N–H and O–H groups in total. The molecule has 0 aromatic heterocycles. The Balaban J connectivity index is 1.67. The predicted octanol–water partition coefficient (Wildman–Crippen LogP) is 2.15. The number of carbonyl (C=O) groups is 2. The van der Waals surface area contributed by atoms with Gasteiger partial charge in [-0.1, -0.05) is 12.1 Å². The molecule has 1 fully saturated rings. The summed E-state index contributed by atoms with van der Waals surface area (Å²) in [5, 5.41) is 14.7. The molecule has 1 aromatic carbocycles. The van der Waals surface area contributed by atoms with Crippen LogP contribution in [0, 0.1) is 5.92 Å². The minimum absolute atomic E-state index is 0.0483. The highest BCUT2D eigenvalue weighted by atomic mass is 16.5. The van der Waals surface area contributed by atoms with Gasteiger partial charge in [0.2, 0.25) is 0 Å². The van der Waals surface area contributed by atoms with Crippen molar-refractivity contribution in [3.8, 4) is 5.75 Å². The van der Waals surface area contributed by atoms with Crippen LogP contribution in [0.1, 0.15) is 31.2 Å². The van der Waals surface area contributed by atoms with Gasteiger partial charge in [0, 0.05) is 19.7 Å². The number of nitrogens with one attached hydrogen (secondary N) is 2. The molecule has 0 aliphatic heterocycles. The molecule has 0 bridgehead atoms. The molecule has 1 saturated carbocycles. The quantitative estimate of drug-likeness (QED) is 0.624. The van der Waals surface area contributed by atoms with Gasteiger partial charge in [-0.25, -0.2) is 4.79 Å².